The molecule has 38 heavy (non-hydrogen) atoms. The van der Waals surface area contributed by atoms with Gasteiger partial charge in [-0.2, -0.15) is 0 Å². The maximum Gasteiger partial charge on any atom is 0.289 e. The normalized spacial score (nSPS) is 21.2. The van der Waals surface area contributed by atoms with E-state index in [4.69, 9.17) is 9.73 Å². The van der Waals surface area contributed by atoms with Crippen molar-refractivity contribution in [3.63, 3.8) is 0 Å². The van der Waals surface area contributed by atoms with Crippen molar-refractivity contribution in [3.05, 3.63) is 56.2 Å². The van der Waals surface area contributed by atoms with Crippen LogP contribution in [0.25, 0.3) is 0 Å². The molecule has 3 aliphatic heterocycles. The van der Waals surface area contributed by atoms with E-state index in [9.17, 15) is 9.59 Å². The number of hydrogen-bond donors (Lipinski definition) is 0. The molecule has 3 aliphatic rings. The van der Waals surface area contributed by atoms with Crippen molar-refractivity contribution in [3.8, 4) is 0 Å². The van der Waals surface area contributed by atoms with E-state index in [2.05, 4.69) is 63.6 Å². The molecular formula is C26H33Br2N5O3SSi. The summed E-state index contributed by atoms with van der Waals surface area (Å²) in [4.78, 5) is 34.0. The van der Waals surface area contributed by atoms with Gasteiger partial charge in [-0.1, -0.05) is 43.9 Å². The summed E-state index contributed by atoms with van der Waals surface area (Å²) in [5.74, 6) is 0.365. The molecule has 12 heteroatoms. The van der Waals surface area contributed by atoms with E-state index in [0.717, 1.165) is 32.7 Å². The smallest absolute Gasteiger partial charge is 0.289 e. The Bertz CT molecular complexity index is 1300. The Hall–Kier alpha value is -1.60. The van der Waals surface area contributed by atoms with Gasteiger partial charge in [0, 0.05) is 21.2 Å². The second-order valence-corrected chi connectivity index (χ2v) is 19.4. The number of hydrazine groups is 1. The summed E-state index contributed by atoms with van der Waals surface area (Å²) in [6.07, 6.45) is 3.33. The van der Waals surface area contributed by atoms with Gasteiger partial charge in [0.2, 0.25) is 5.96 Å². The lowest BCUT2D eigenvalue weighted by Gasteiger charge is -2.45. The number of ether oxygens (including phenoxy) is 1. The molecule has 0 bridgehead atoms. The highest BCUT2D eigenvalue weighted by molar-refractivity contribution is 9.13. The van der Waals surface area contributed by atoms with Crippen LogP contribution in [0, 0.1) is 0 Å². The predicted molar refractivity (Wildman–Crippen MR) is 160 cm³/mol. The van der Waals surface area contributed by atoms with Crippen LogP contribution < -0.4 is 0 Å². The SMILES string of the molecule is CSC12CCCN(C(=O)c3cc(Br)c(Br)n3COCC[Si](C)(C)C)N1C1=NCc3ccccc3CN1C2=O. The van der Waals surface area contributed by atoms with Crippen molar-refractivity contribution < 1.29 is 14.3 Å². The monoisotopic (exact) mass is 681 g/mol. The number of hydrogen-bond acceptors (Lipinski definition) is 6. The van der Waals surface area contributed by atoms with Crippen molar-refractivity contribution in [2.45, 2.75) is 63.2 Å². The number of aliphatic imine (C=N–C) groups is 1. The summed E-state index contributed by atoms with van der Waals surface area (Å²) in [5, 5.41) is 3.60. The van der Waals surface area contributed by atoms with Crippen LogP contribution in [0.15, 0.2) is 44.4 Å². The van der Waals surface area contributed by atoms with Crippen LogP contribution in [-0.4, -0.2) is 69.6 Å². The van der Waals surface area contributed by atoms with E-state index in [1.165, 1.54) is 11.8 Å². The standard InChI is InChI=1S/C26H33Br2N5O3SSi/c1-37-26-10-7-11-32(23(34)21-14-20(27)22(28)31(21)17-36-12-13-38(2,3)4)33(26)25-29-15-18-8-5-6-9-19(18)16-30(25)24(26)35/h5-6,8-9,14H,7,10-13,15-17H2,1-4H3. The maximum absolute atomic E-state index is 14.2. The Morgan fingerprint density at radius 3 is 2.66 bits per heavy atom. The van der Waals surface area contributed by atoms with E-state index in [1.807, 2.05) is 34.0 Å². The molecule has 5 rings (SSSR count). The van der Waals surface area contributed by atoms with Crippen LogP contribution in [-0.2, 0) is 29.4 Å². The number of fused-ring (bicyclic) bond motifs is 4. The largest absolute Gasteiger partial charge is 0.361 e. The fraction of sp³-hybridized carbons (Fsp3) is 0.500. The highest BCUT2D eigenvalue weighted by Crippen LogP contribution is 2.46. The summed E-state index contributed by atoms with van der Waals surface area (Å²) in [6.45, 7) is 9.29. The van der Waals surface area contributed by atoms with Crippen molar-refractivity contribution in [2.75, 3.05) is 19.4 Å². The Morgan fingerprint density at radius 2 is 1.95 bits per heavy atom. The van der Waals surface area contributed by atoms with Gasteiger partial charge < -0.3 is 9.30 Å². The zero-order valence-corrected chi connectivity index (χ0v) is 27.2. The molecule has 0 spiro atoms. The minimum absolute atomic E-state index is 0.00891. The topological polar surface area (TPSA) is 70.4 Å². The molecule has 2 saturated heterocycles. The summed E-state index contributed by atoms with van der Waals surface area (Å²) in [6, 6.07) is 11.0. The van der Waals surface area contributed by atoms with Crippen LogP contribution in [0.2, 0.25) is 25.7 Å². The van der Waals surface area contributed by atoms with E-state index in [1.54, 1.807) is 9.91 Å². The van der Waals surface area contributed by atoms with Gasteiger partial charge in [-0.3, -0.25) is 14.5 Å². The van der Waals surface area contributed by atoms with Crippen LogP contribution in [0.3, 0.4) is 0 Å². The van der Waals surface area contributed by atoms with Gasteiger partial charge in [0.15, 0.2) is 4.87 Å². The molecule has 1 aromatic heterocycles. The number of carbonyl (C=O) groups is 2. The lowest BCUT2D eigenvalue weighted by atomic mass is 10.1. The minimum Gasteiger partial charge on any atom is -0.361 e. The first-order valence-corrected chi connectivity index (χ1v) is 19.3. The summed E-state index contributed by atoms with van der Waals surface area (Å²) in [7, 11) is -1.23. The van der Waals surface area contributed by atoms with Crippen LogP contribution in [0.1, 0.15) is 34.5 Å². The molecule has 2 aromatic rings. The number of amides is 2. The molecule has 1 atom stereocenters. The first-order chi connectivity index (χ1) is 18.1. The Labute approximate surface area is 246 Å². The first kappa shape index (κ1) is 27.9. The molecule has 8 nitrogen and oxygen atoms in total. The maximum atomic E-state index is 14.2. The lowest BCUT2D eigenvalue weighted by molar-refractivity contribution is -0.133. The van der Waals surface area contributed by atoms with Gasteiger partial charge >= 0.3 is 0 Å². The molecule has 0 N–H and O–H groups in total. The van der Waals surface area contributed by atoms with Gasteiger partial charge in [-0.05, 0) is 74.2 Å². The van der Waals surface area contributed by atoms with E-state index < -0.39 is 12.9 Å². The second kappa shape index (κ2) is 10.8. The molecule has 204 valence electrons. The molecule has 4 heterocycles. The lowest BCUT2D eigenvalue weighted by Crippen LogP contribution is -2.61. The van der Waals surface area contributed by atoms with Crippen molar-refractivity contribution >= 4 is 69.5 Å². The minimum atomic E-state index is -1.23. The first-order valence-electron chi connectivity index (χ1n) is 12.8. The van der Waals surface area contributed by atoms with Crippen LogP contribution in [0.5, 0.6) is 0 Å². The summed E-state index contributed by atoms with van der Waals surface area (Å²) >= 11 is 8.70. The Morgan fingerprint density at radius 1 is 1.21 bits per heavy atom. The third kappa shape index (κ3) is 4.91. The number of carbonyl (C=O) groups excluding carboxylic acids is 2. The number of guanidine groups is 1. The molecule has 2 amide bonds. The fourth-order valence-electron chi connectivity index (χ4n) is 5.17. The van der Waals surface area contributed by atoms with Gasteiger partial charge in [0.25, 0.3) is 11.8 Å². The third-order valence-corrected chi connectivity index (χ3v) is 12.2. The number of halogens is 2. The highest BCUT2D eigenvalue weighted by Gasteiger charge is 2.60. The molecule has 1 unspecified atom stereocenters. The number of thioether (sulfide) groups is 1. The molecular weight excluding hydrogens is 650 g/mol. The van der Waals surface area contributed by atoms with Gasteiger partial charge in [0.1, 0.15) is 17.0 Å². The Kier molecular flexibility index (Phi) is 7.91. The van der Waals surface area contributed by atoms with Gasteiger partial charge in [0.05, 0.1) is 17.6 Å². The van der Waals surface area contributed by atoms with E-state index in [0.29, 0.717) is 44.3 Å². The van der Waals surface area contributed by atoms with Crippen molar-refractivity contribution in [1.82, 2.24) is 19.5 Å². The number of benzene rings is 1. The molecule has 1 aromatic carbocycles. The average molecular weight is 684 g/mol. The van der Waals surface area contributed by atoms with E-state index >= 15 is 0 Å². The summed E-state index contributed by atoms with van der Waals surface area (Å²) < 4.78 is 9.41. The summed E-state index contributed by atoms with van der Waals surface area (Å²) in [5.41, 5.74) is 2.69. The van der Waals surface area contributed by atoms with Crippen LogP contribution >= 0.6 is 43.6 Å². The molecule has 0 saturated carbocycles. The van der Waals surface area contributed by atoms with Gasteiger partial charge in [-0.25, -0.2) is 15.0 Å². The van der Waals surface area contributed by atoms with Crippen molar-refractivity contribution in [2.24, 2.45) is 4.99 Å². The fourth-order valence-corrected chi connectivity index (χ4v) is 7.75. The predicted octanol–water partition coefficient (Wildman–Crippen LogP) is 5.75. The van der Waals surface area contributed by atoms with Crippen molar-refractivity contribution in [1.29, 1.82) is 0 Å². The third-order valence-electron chi connectivity index (χ3n) is 7.31. The Balaban J connectivity index is 1.48. The quantitative estimate of drug-likeness (QED) is 0.275. The zero-order chi connectivity index (χ0) is 27.2. The number of rotatable bonds is 7. The number of aromatic nitrogens is 1. The second-order valence-electron chi connectivity index (χ2n) is 11.1. The van der Waals surface area contributed by atoms with E-state index in [-0.39, 0.29) is 18.5 Å². The highest BCUT2D eigenvalue weighted by atomic mass is 79.9. The molecule has 0 aliphatic carbocycles. The average Bonchev–Trinajstić information content (AvgIpc) is 3.20. The van der Waals surface area contributed by atoms with Gasteiger partial charge in [-0.15, -0.1) is 11.8 Å². The van der Waals surface area contributed by atoms with Crippen LogP contribution in [0.4, 0.5) is 0 Å². The molecule has 2 fully saturated rings. The zero-order valence-electron chi connectivity index (χ0n) is 22.2. The molecule has 0 radical (unpaired) electrons. The number of nitrogens with zero attached hydrogens (tertiary/aromatic N) is 5.